The van der Waals surface area contributed by atoms with Gasteiger partial charge in [-0.1, -0.05) is 121 Å². The van der Waals surface area contributed by atoms with Crippen LogP contribution < -0.4 is 9.64 Å². The van der Waals surface area contributed by atoms with E-state index in [1.807, 2.05) is 12.1 Å². The second-order valence-electron chi connectivity index (χ2n) is 13.0. The molecule has 0 spiro atoms. The van der Waals surface area contributed by atoms with Crippen molar-refractivity contribution in [3.8, 4) is 50.6 Å². The molecule has 0 radical (unpaired) electrons. The molecule has 0 N–H and O–H groups in total. The van der Waals surface area contributed by atoms with E-state index in [1.165, 1.54) is 44.1 Å². The molecule has 1 aromatic heterocycles. The highest BCUT2D eigenvalue weighted by Gasteiger charge is 2.26. The minimum Gasteiger partial charge on any atom is -0.453 e. The topological polar surface area (TPSA) is 17.4 Å². The Morgan fingerprint density at radius 3 is 1.63 bits per heavy atom. The van der Waals surface area contributed by atoms with Crippen LogP contribution in [0.2, 0.25) is 0 Å². The van der Waals surface area contributed by atoms with Gasteiger partial charge < -0.3 is 14.2 Å². The number of hydrogen-bond acceptors (Lipinski definition) is 2. The first kappa shape index (κ1) is 29.1. The number of ether oxygens (including phenoxy) is 1. The van der Waals surface area contributed by atoms with Gasteiger partial charge in [-0.2, -0.15) is 0 Å². The third kappa shape index (κ3) is 4.98. The molecule has 9 aromatic rings. The molecule has 240 valence electrons. The Labute approximate surface area is 296 Å². The fourth-order valence-corrected chi connectivity index (χ4v) is 7.56. The van der Waals surface area contributed by atoms with E-state index in [4.69, 9.17) is 4.74 Å². The van der Waals surface area contributed by atoms with Gasteiger partial charge in [-0.3, -0.25) is 0 Å². The van der Waals surface area contributed by atoms with E-state index in [-0.39, 0.29) is 0 Å². The van der Waals surface area contributed by atoms with Crippen LogP contribution in [0.25, 0.3) is 60.9 Å². The lowest BCUT2D eigenvalue weighted by atomic mass is 9.98. The number of fused-ring (bicyclic) bond motifs is 5. The summed E-state index contributed by atoms with van der Waals surface area (Å²) in [4.78, 5) is 2.28. The molecule has 1 aliphatic heterocycles. The van der Waals surface area contributed by atoms with Crippen molar-refractivity contribution >= 4 is 38.9 Å². The predicted octanol–water partition coefficient (Wildman–Crippen LogP) is 13.4. The number of para-hydroxylation sites is 4. The molecule has 0 saturated carbocycles. The van der Waals surface area contributed by atoms with Crippen LogP contribution in [0.4, 0.5) is 17.1 Å². The molecule has 3 heteroatoms. The van der Waals surface area contributed by atoms with Crippen LogP contribution in [-0.2, 0) is 0 Å². The van der Waals surface area contributed by atoms with Gasteiger partial charge in [0.25, 0.3) is 0 Å². The SMILES string of the molecule is c1ccc(-c2cc(-c3ccccc3)cc(-n3c4ccccc4c4cc(-c5ccc6c(c5)Oc5ccccc5N6c5ccccc5)ccc43)c2)cc1. The van der Waals surface area contributed by atoms with E-state index in [9.17, 15) is 0 Å². The Bertz CT molecular complexity index is 2660. The van der Waals surface area contributed by atoms with Crippen LogP contribution in [-0.4, -0.2) is 4.57 Å². The normalized spacial score (nSPS) is 12.0. The third-order valence-corrected chi connectivity index (χ3v) is 9.94. The highest BCUT2D eigenvalue weighted by molar-refractivity contribution is 6.10. The molecule has 0 amide bonds. The Balaban J connectivity index is 1.13. The Morgan fingerprint density at radius 2 is 0.882 bits per heavy atom. The summed E-state index contributed by atoms with van der Waals surface area (Å²) in [5, 5.41) is 2.43. The molecule has 0 unspecified atom stereocenters. The Kier molecular flexibility index (Phi) is 6.81. The summed E-state index contributed by atoms with van der Waals surface area (Å²) in [7, 11) is 0. The van der Waals surface area contributed by atoms with E-state index in [1.54, 1.807) is 0 Å². The quantitative estimate of drug-likeness (QED) is 0.184. The smallest absolute Gasteiger partial charge is 0.152 e. The molecular formula is C48H32N2O. The van der Waals surface area contributed by atoms with Gasteiger partial charge in [0.1, 0.15) is 0 Å². The molecule has 0 fully saturated rings. The van der Waals surface area contributed by atoms with Gasteiger partial charge in [-0.15, -0.1) is 0 Å². The van der Waals surface area contributed by atoms with Crippen molar-refractivity contribution < 1.29 is 4.74 Å². The third-order valence-electron chi connectivity index (χ3n) is 9.94. The van der Waals surface area contributed by atoms with E-state index in [0.717, 1.165) is 45.4 Å². The van der Waals surface area contributed by atoms with E-state index >= 15 is 0 Å². The number of benzene rings is 8. The molecule has 8 aromatic carbocycles. The molecule has 2 heterocycles. The predicted molar refractivity (Wildman–Crippen MR) is 212 cm³/mol. The standard InChI is InChI=1S/C48H32N2O/c1-4-14-33(15-5-1)37-28-38(34-16-6-2-7-17-34)30-40(29-37)50-43-21-11-10-20-41(43)42-31-35(24-26-44(42)50)36-25-27-46-48(32-36)51-47-23-13-12-22-45(47)49(46)39-18-8-3-9-19-39/h1-32H. The van der Waals surface area contributed by atoms with E-state index < -0.39 is 0 Å². The lowest BCUT2D eigenvalue weighted by Crippen LogP contribution is -2.15. The number of hydrogen-bond donors (Lipinski definition) is 0. The highest BCUT2D eigenvalue weighted by Crippen LogP contribution is 2.51. The van der Waals surface area contributed by atoms with Crippen LogP contribution in [0.3, 0.4) is 0 Å². The van der Waals surface area contributed by atoms with Crippen LogP contribution >= 0.6 is 0 Å². The molecule has 10 rings (SSSR count). The maximum atomic E-state index is 6.56. The summed E-state index contributed by atoms with van der Waals surface area (Å²) < 4.78 is 8.98. The number of rotatable bonds is 5. The first-order valence-corrected chi connectivity index (χ1v) is 17.3. The number of nitrogens with zero attached hydrogens (tertiary/aromatic N) is 2. The van der Waals surface area contributed by atoms with Crippen molar-refractivity contribution in [3.63, 3.8) is 0 Å². The molecule has 3 nitrogen and oxygen atoms in total. The first-order chi connectivity index (χ1) is 25.3. The van der Waals surface area contributed by atoms with Gasteiger partial charge in [0.15, 0.2) is 11.5 Å². The zero-order chi connectivity index (χ0) is 33.7. The van der Waals surface area contributed by atoms with Crippen LogP contribution in [0.5, 0.6) is 11.5 Å². The summed E-state index contributed by atoms with van der Waals surface area (Å²) in [6.45, 7) is 0. The molecule has 0 aliphatic carbocycles. The van der Waals surface area contributed by atoms with Gasteiger partial charge in [0.2, 0.25) is 0 Å². The van der Waals surface area contributed by atoms with Crippen molar-refractivity contribution in [2.75, 3.05) is 4.90 Å². The fraction of sp³-hybridized carbons (Fsp3) is 0. The van der Waals surface area contributed by atoms with Gasteiger partial charge in [-0.25, -0.2) is 0 Å². The summed E-state index contributed by atoms with van der Waals surface area (Å²) >= 11 is 0. The van der Waals surface area contributed by atoms with Gasteiger partial charge >= 0.3 is 0 Å². The van der Waals surface area contributed by atoms with Gasteiger partial charge in [-0.05, 0) is 106 Å². The maximum Gasteiger partial charge on any atom is 0.152 e. The molecular weight excluding hydrogens is 621 g/mol. The van der Waals surface area contributed by atoms with Crippen LogP contribution in [0.1, 0.15) is 0 Å². The van der Waals surface area contributed by atoms with Crippen molar-refractivity contribution in [3.05, 3.63) is 194 Å². The lowest BCUT2D eigenvalue weighted by Gasteiger charge is -2.33. The second kappa shape index (κ2) is 11.9. The average Bonchev–Trinajstić information content (AvgIpc) is 3.54. The van der Waals surface area contributed by atoms with E-state index in [2.05, 4.69) is 191 Å². The van der Waals surface area contributed by atoms with Gasteiger partial charge in [0, 0.05) is 22.1 Å². The van der Waals surface area contributed by atoms with E-state index in [0.29, 0.717) is 0 Å². The van der Waals surface area contributed by atoms with Gasteiger partial charge in [0.05, 0.1) is 22.4 Å². The van der Waals surface area contributed by atoms with Crippen molar-refractivity contribution in [1.29, 1.82) is 0 Å². The van der Waals surface area contributed by atoms with Crippen molar-refractivity contribution in [2.45, 2.75) is 0 Å². The summed E-state index contributed by atoms with van der Waals surface area (Å²) in [6.07, 6.45) is 0. The molecule has 0 atom stereocenters. The summed E-state index contributed by atoms with van der Waals surface area (Å²) in [5.74, 6) is 1.68. The van der Waals surface area contributed by atoms with Crippen LogP contribution in [0.15, 0.2) is 194 Å². The largest absolute Gasteiger partial charge is 0.453 e. The van der Waals surface area contributed by atoms with Crippen molar-refractivity contribution in [1.82, 2.24) is 4.57 Å². The monoisotopic (exact) mass is 652 g/mol. The minimum absolute atomic E-state index is 0.837. The molecule has 51 heavy (non-hydrogen) atoms. The summed E-state index contributed by atoms with van der Waals surface area (Å²) in [6, 6.07) is 69.1. The molecule has 1 aliphatic rings. The fourth-order valence-electron chi connectivity index (χ4n) is 7.56. The highest BCUT2D eigenvalue weighted by atomic mass is 16.5. The lowest BCUT2D eigenvalue weighted by molar-refractivity contribution is 0.477. The average molecular weight is 653 g/mol. The first-order valence-electron chi connectivity index (χ1n) is 17.3. The maximum absolute atomic E-state index is 6.56. The number of aromatic nitrogens is 1. The molecule has 0 bridgehead atoms. The molecule has 0 saturated heterocycles. The number of anilines is 3. The zero-order valence-electron chi connectivity index (χ0n) is 27.8. The Hall–Kier alpha value is -6.84. The van der Waals surface area contributed by atoms with Crippen molar-refractivity contribution in [2.24, 2.45) is 0 Å². The minimum atomic E-state index is 0.837. The second-order valence-corrected chi connectivity index (χ2v) is 13.0. The van der Waals surface area contributed by atoms with Crippen LogP contribution in [0, 0.1) is 0 Å². The Morgan fingerprint density at radius 1 is 0.314 bits per heavy atom. The summed E-state index contributed by atoms with van der Waals surface area (Å²) in [5.41, 5.74) is 13.7. The zero-order valence-corrected chi connectivity index (χ0v) is 27.8.